The molecule has 0 fully saturated rings. The van der Waals surface area contributed by atoms with Crippen molar-refractivity contribution in [2.75, 3.05) is 4.90 Å². The molecule has 0 amide bonds. The van der Waals surface area contributed by atoms with E-state index in [1.807, 2.05) is 11.5 Å². The summed E-state index contributed by atoms with van der Waals surface area (Å²) >= 11 is 0.603. The van der Waals surface area contributed by atoms with Crippen LogP contribution in [-0.2, 0) is 0 Å². The Labute approximate surface area is 201 Å². The standard InChI is InChI=1S/C26H19NO2SSiTe/c1-31(2)21-9-5-3-7-19(21)27(20-8-4-6-10-22(20)31)23-12-11-16(32-23)15-18-24(28)17-13-14-30-26(17)25(18)29/h3-15H,1-2H3/b18-15+. The van der Waals surface area contributed by atoms with Crippen molar-refractivity contribution in [3.8, 4) is 0 Å². The molecule has 6 rings (SSSR count). The van der Waals surface area contributed by atoms with Gasteiger partial charge < -0.3 is 0 Å². The number of benzene rings is 2. The summed E-state index contributed by atoms with van der Waals surface area (Å²) in [6.45, 7) is 4.84. The Morgan fingerprint density at radius 3 is 2.16 bits per heavy atom. The van der Waals surface area contributed by atoms with Crippen molar-refractivity contribution in [1.29, 1.82) is 0 Å². The van der Waals surface area contributed by atoms with E-state index >= 15 is 0 Å². The predicted octanol–water partition coefficient (Wildman–Crippen LogP) is 4.87. The van der Waals surface area contributed by atoms with Crippen molar-refractivity contribution in [2.24, 2.45) is 0 Å². The average Bonchev–Trinajstić information content (AvgIpc) is 3.51. The van der Waals surface area contributed by atoms with E-state index in [2.05, 4.69) is 78.7 Å². The second-order valence-corrected chi connectivity index (χ2v) is 16.9. The van der Waals surface area contributed by atoms with Gasteiger partial charge in [-0.15, -0.1) is 0 Å². The summed E-state index contributed by atoms with van der Waals surface area (Å²) in [5, 5.41) is 4.71. The Morgan fingerprint density at radius 1 is 0.844 bits per heavy atom. The fourth-order valence-electron chi connectivity index (χ4n) is 4.75. The van der Waals surface area contributed by atoms with Crippen molar-refractivity contribution >= 4 is 82.9 Å². The molecule has 4 aromatic rings. The van der Waals surface area contributed by atoms with Gasteiger partial charge in [0.15, 0.2) is 0 Å². The second kappa shape index (κ2) is 7.26. The third-order valence-corrected chi connectivity index (χ3v) is 13.7. The number of ketones is 2. The fraction of sp³-hybridized carbons (Fsp3) is 0.0769. The molecule has 0 saturated carbocycles. The number of carbonyl (C=O) groups excluding carboxylic acids is 2. The van der Waals surface area contributed by atoms with Crippen LogP contribution < -0.4 is 15.3 Å². The van der Waals surface area contributed by atoms with Gasteiger partial charge in [0.05, 0.1) is 0 Å². The number of nitrogens with zero attached hydrogens (tertiary/aromatic N) is 1. The van der Waals surface area contributed by atoms with E-state index in [0.717, 1.165) is 3.58 Å². The number of hydrogen-bond donors (Lipinski definition) is 0. The Morgan fingerprint density at radius 2 is 1.50 bits per heavy atom. The van der Waals surface area contributed by atoms with Gasteiger partial charge in [-0.1, -0.05) is 0 Å². The zero-order valence-corrected chi connectivity index (χ0v) is 21.7. The molecule has 0 spiro atoms. The minimum absolute atomic E-state index is 0.122. The van der Waals surface area contributed by atoms with Crippen LogP contribution in [-0.4, -0.2) is 40.1 Å². The summed E-state index contributed by atoms with van der Waals surface area (Å²) in [5.74, 6) is -0.252. The summed E-state index contributed by atoms with van der Waals surface area (Å²) in [6.07, 6.45) is 1.85. The number of thiophene rings is 1. The van der Waals surface area contributed by atoms with E-state index in [9.17, 15) is 9.59 Å². The molecule has 1 aliphatic carbocycles. The van der Waals surface area contributed by atoms with Crippen LogP contribution in [0.25, 0.3) is 6.08 Å². The SMILES string of the molecule is C[Si]1(C)c2ccccc2N(c2ccc(/C=C3\C(=O)c4ccsc4C3=O)[te]2)c2ccccc21. The van der Waals surface area contributed by atoms with Crippen LogP contribution in [0.3, 0.4) is 0 Å². The summed E-state index contributed by atoms with van der Waals surface area (Å²) < 4.78 is 2.41. The third kappa shape index (κ3) is 2.84. The van der Waals surface area contributed by atoms with E-state index in [4.69, 9.17) is 0 Å². The Bertz CT molecular complexity index is 1380. The molecule has 1 aliphatic heterocycles. The normalized spacial score (nSPS) is 17.4. The fourth-order valence-corrected chi connectivity index (χ4v) is 11.4. The van der Waals surface area contributed by atoms with E-state index in [1.54, 1.807) is 6.07 Å². The first-order valence-corrected chi connectivity index (χ1v) is 16.7. The monoisotopic (exact) mass is 567 g/mol. The van der Waals surface area contributed by atoms with Crippen LogP contribution in [0.2, 0.25) is 13.1 Å². The van der Waals surface area contributed by atoms with Crippen molar-refractivity contribution < 1.29 is 9.59 Å². The van der Waals surface area contributed by atoms with Gasteiger partial charge in [-0.2, -0.15) is 0 Å². The maximum absolute atomic E-state index is 12.7. The van der Waals surface area contributed by atoms with Gasteiger partial charge in [0.2, 0.25) is 0 Å². The van der Waals surface area contributed by atoms with E-state index in [-0.39, 0.29) is 11.6 Å². The molecule has 0 unspecified atom stereocenters. The average molecular weight is 565 g/mol. The number of anilines is 3. The maximum atomic E-state index is 12.7. The molecule has 156 valence electrons. The van der Waals surface area contributed by atoms with Gasteiger partial charge in [-0.25, -0.2) is 0 Å². The van der Waals surface area contributed by atoms with Crippen LogP contribution in [0.1, 0.15) is 23.6 Å². The zero-order valence-electron chi connectivity index (χ0n) is 17.6. The molecule has 6 heteroatoms. The molecule has 2 aromatic carbocycles. The number of para-hydroxylation sites is 2. The number of Topliss-reactive ketones (excluding diaryl/α,β-unsaturated/α-hetero) is 2. The molecule has 0 bridgehead atoms. The molecule has 3 heterocycles. The van der Waals surface area contributed by atoms with Gasteiger partial charge >= 0.3 is 202 Å². The first-order valence-electron chi connectivity index (χ1n) is 10.4. The Balaban J connectivity index is 1.46. The van der Waals surface area contributed by atoms with Gasteiger partial charge in [0, 0.05) is 0 Å². The molecule has 2 aliphatic rings. The molecular formula is C26H19NO2SSiTe. The van der Waals surface area contributed by atoms with Crippen LogP contribution in [0.5, 0.6) is 0 Å². The molecule has 0 radical (unpaired) electrons. The first-order chi connectivity index (χ1) is 15.5. The van der Waals surface area contributed by atoms with Crippen molar-refractivity contribution in [3.05, 3.63) is 91.7 Å². The van der Waals surface area contributed by atoms with Gasteiger partial charge in [-0.05, 0) is 0 Å². The summed E-state index contributed by atoms with van der Waals surface area (Å²) in [5.41, 5.74) is 3.43. The zero-order chi connectivity index (χ0) is 22.0. The van der Waals surface area contributed by atoms with E-state index in [0.29, 0.717) is 16.0 Å². The molecular weight excluding hydrogens is 546 g/mol. The molecule has 0 atom stereocenters. The van der Waals surface area contributed by atoms with Gasteiger partial charge in [-0.3, -0.25) is 0 Å². The van der Waals surface area contributed by atoms with Gasteiger partial charge in [0.25, 0.3) is 0 Å². The Hall–Kier alpha value is -2.49. The number of rotatable bonds is 2. The van der Waals surface area contributed by atoms with Crippen LogP contribution in [0, 0.1) is 0 Å². The van der Waals surface area contributed by atoms with Crippen LogP contribution >= 0.6 is 11.3 Å². The number of carbonyl (C=O) groups is 2. The quantitative estimate of drug-likeness (QED) is 0.198. The molecule has 2 aromatic heterocycles. The van der Waals surface area contributed by atoms with Crippen LogP contribution in [0.15, 0.2) is 77.7 Å². The van der Waals surface area contributed by atoms with E-state index in [1.165, 1.54) is 36.8 Å². The van der Waals surface area contributed by atoms with Crippen molar-refractivity contribution in [3.63, 3.8) is 0 Å². The third-order valence-electron chi connectivity index (χ3n) is 6.36. The number of allylic oxidation sites excluding steroid dienone is 1. The van der Waals surface area contributed by atoms with Gasteiger partial charge in [0.1, 0.15) is 0 Å². The first kappa shape index (κ1) is 20.1. The van der Waals surface area contributed by atoms with E-state index < -0.39 is 28.5 Å². The van der Waals surface area contributed by atoms with Crippen molar-refractivity contribution in [1.82, 2.24) is 0 Å². The van der Waals surface area contributed by atoms with Crippen LogP contribution in [0.4, 0.5) is 15.1 Å². The summed E-state index contributed by atoms with van der Waals surface area (Å²) in [7, 11) is -1.79. The minimum atomic E-state index is -1.79. The summed E-state index contributed by atoms with van der Waals surface area (Å²) in [6, 6.07) is 23.6. The molecule has 0 saturated heterocycles. The Kier molecular flexibility index (Phi) is 4.57. The topological polar surface area (TPSA) is 37.4 Å². The molecule has 0 N–H and O–H groups in total. The summed E-state index contributed by atoms with van der Waals surface area (Å²) in [4.78, 5) is 28.4. The second-order valence-electron chi connectivity index (χ2n) is 8.55. The van der Waals surface area contributed by atoms with Crippen molar-refractivity contribution in [2.45, 2.75) is 13.1 Å². The molecule has 3 nitrogen and oxygen atoms in total. The number of fused-ring (bicyclic) bond motifs is 3. The predicted molar refractivity (Wildman–Crippen MR) is 136 cm³/mol. The number of hydrogen-bond acceptors (Lipinski definition) is 4. The molecule has 32 heavy (non-hydrogen) atoms.